The van der Waals surface area contributed by atoms with Crippen molar-refractivity contribution in [3.05, 3.63) is 48.6 Å². The summed E-state index contributed by atoms with van der Waals surface area (Å²) in [6, 6.07) is 0. The zero-order valence-electron chi connectivity index (χ0n) is 53.9. The van der Waals surface area contributed by atoms with Gasteiger partial charge in [0.2, 0.25) is 0 Å². The summed E-state index contributed by atoms with van der Waals surface area (Å²) in [5.74, 6) is -0.859. The summed E-state index contributed by atoms with van der Waals surface area (Å²) in [7, 11) is 0. The molecule has 0 rings (SSSR count). The zero-order valence-corrected chi connectivity index (χ0v) is 53.9. The van der Waals surface area contributed by atoms with E-state index in [1.54, 1.807) is 0 Å². The average molecular weight is 1120 g/mol. The molecule has 1 unspecified atom stereocenters. The van der Waals surface area contributed by atoms with Gasteiger partial charge in [-0.25, -0.2) is 0 Å². The van der Waals surface area contributed by atoms with E-state index in [0.717, 1.165) is 83.5 Å². The molecule has 0 aromatic heterocycles. The molecule has 0 radical (unpaired) electrons. The summed E-state index contributed by atoms with van der Waals surface area (Å²) in [5, 5.41) is 0. The summed E-state index contributed by atoms with van der Waals surface area (Å²) in [4.78, 5) is 38.4. The molecule has 0 aliphatic rings. The van der Waals surface area contributed by atoms with Crippen molar-refractivity contribution in [1.82, 2.24) is 0 Å². The molecular weight excluding hydrogens is 985 g/mol. The second-order valence-corrected chi connectivity index (χ2v) is 24.1. The van der Waals surface area contributed by atoms with E-state index < -0.39 is 6.10 Å². The third-order valence-electron chi connectivity index (χ3n) is 16.1. The van der Waals surface area contributed by atoms with Crippen LogP contribution in [0.1, 0.15) is 387 Å². The minimum absolute atomic E-state index is 0.0725. The van der Waals surface area contributed by atoms with Crippen LogP contribution in [-0.4, -0.2) is 37.2 Å². The molecule has 468 valence electrons. The highest BCUT2D eigenvalue weighted by Crippen LogP contribution is 2.18. The zero-order chi connectivity index (χ0) is 57.8. The maximum Gasteiger partial charge on any atom is 0.306 e. The molecule has 6 nitrogen and oxygen atoms in total. The predicted octanol–water partition coefficient (Wildman–Crippen LogP) is 24.5. The highest BCUT2D eigenvalue weighted by atomic mass is 16.6. The lowest BCUT2D eigenvalue weighted by molar-refractivity contribution is -0.167. The first kappa shape index (κ1) is 77.4. The van der Waals surface area contributed by atoms with Crippen LogP contribution in [0, 0.1) is 0 Å². The molecule has 0 saturated carbocycles. The number of hydrogen-bond acceptors (Lipinski definition) is 6. The molecule has 0 saturated heterocycles. The standard InChI is InChI=1S/C74H136O6/c1-4-7-10-13-16-19-22-25-28-30-32-33-34-35-36-37-38-39-40-41-42-44-46-49-52-55-58-61-64-67-73(76)79-70-71(69-78-72(75)66-63-60-57-54-51-48-45-27-24-21-18-15-12-9-6-3)80-74(77)68-65-62-59-56-53-50-47-43-31-29-26-23-20-17-14-11-8-5-2/h18,21-22,25,27,30,32,45,71H,4-17,19-20,23-24,26,28-29,31,33-44,46-70H2,1-3H3/b21-18-,25-22-,32-30-,45-27-. The molecule has 0 N–H and O–H groups in total. The van der Waals surface area contributed by atoms with Crippen molar-refractivity contribution in [2.45, 2.75) is 393 Å². The van der Waals surface area contributed by atoms with E-state index in [9.17, 15) is 14.4 Å². The van der Waals surface area contributed by atoms with E-state index in [1.807, 2.05) is 0 Å². The quantitative estimate of drug-likeness (QED) is 0.0261. The van der Waals surface area contributed by atoms with Crippen LogP contribution in [0.25, 0.3) is 0 Å². The fourth-order valence-corrected chi connectivity index (χ4v) is 10.7. The van der Waals surface area contributed by atoms with Crippen molar-refractivity contribution in [2.24, 2.45) is 0 Å². The van der Waals surface area contributed by atoms with Crippen LogP contribution in [0.3, 0.4) is 0 Å². The maximum absolute atomic E-state index is 12.9. The molecule has 0 aromatic rings. The summed E-state index contributed by atoms with van der Waals surface area (Å²) in [5.41, 5.74) is 0. The van der Waals surface area contributed by atoms with Crippen molar-refractivity contribution in [3.63, 3.8) is 0 Å². The fourth-order valence-electron chi connectivity index (χ4n) is 10.7. The monoisotopic (exact) mass is 1120 g/mol. The highest BCUT2D eigenvalue weighted by Gasteiger charge is 2.19. The van der Waals surface area contributed by atoms with Crippen LogP contribution in [0.15, 0.2) is 48.6 Å². The lowest BCUT2D eigenvalue weighted by atomic mass is 10.0. The van der Waals surface area contributed by atoms with Gasteiger partial charge in [-0.2, -0.15) is 0 Å². The largest absolute Gasteiger partial charge is 0.462 e. The van der Waals surface area contributed by atoms with Gasteiger partial charge in [-0.15, -0.1) is 0 Å². The molecule has 1 atom stereocenters. The van der Waals surface area contributed by atoms with Gasteiger partial charge in [0, 0.05) is 19.3 Å². The van der Waals surface area contributed by atoms with Crippen LogP contribution < -0.4 is 0 Å². The van der Waals surface area contributed by atoms with E-state index >= 15 is 0 Å². The van der Waals surface area contributed by atoms with E-state index in [4.69, 9.17) is 14.2 Å². The van der Waals surface area contributed by atoms with Gasteiger partial charge in [0.25, 0.3) is 0 Å². The predicted molar refractivity (Wildman–Crippen MR) is 349 cm³/mol. The van der Waals surface area contributed by atoms with E-state index in [0.29, 0.717) is 19.3 Å². The minimum Gasteiger partial charge on any atom is -0.462 e. The van der Waals surface area contributed by atoms with E-state index in [2.05, 4.69) is 69.4 Å². The van der Waals surface area contributed by atoms with Gasteiger partial charge in [-0.05, 0) is 83.5 Å². The number of ether oxygens (including phenoxy) is 3. The van der Waals surface area contributed by atoms with Crippen molar-refractivity contribution < 1.29 is 28.6 Å². The Morgan fingerprint density at radius 1 is 0.250 bits per heavy atom. The van der Waals surface area contributed by atoms with Crippen LogP contribution in [-0.2, 0) is 28.6 Å². The van der Waals surface area contributed by atoms with E-state index in [1.165, 1.54) is 263 Å². The second-order valence-electron chi connectivity index (χ2n) is 24.1. The third kappa shape index (κ3) is 66.2. The van der Waals surface area contributed by atoms with Gasteiger partial charge in [-0.3, -0.25) is 14.4 Å². The summed E-state index contributed by atoms with van der Waals surface area (Å²) < 4.78 is 17.0. The molecule has 80 heavy (non-hydrogen) atoms. The lowest BCUT2D eigenvalue weighted by Crippen LogP contribution is -2.30. The Hall–Kier alpha value is -2.63. The van der Waals surface area contributed by atoms with Crippen molar-refractivity contribution in [3.8, 4) is 0 Å². The Kier molecular flexibility index (Phi) is 66.6. The third-order valence-corrected chi connectivity index (χ3v) is 16.1. The van der Waals surface area contributed by atoms with Crippen molar-refractivity contribution >= 4 is 17.9 Å². The number of unbranched alkanes of at least 4 members (excludes halogenated alkanes) is 47. The number of esters is 3. The Bertz CT molecular complexity index is 1380. The molecule has 0 aliphatic heterocycles. The van der Waals surface area contributed by atoms with Gasteiger partial charge in [0.15, 0.2) is 6.10 Å². The first-order valence-electron chi connectivity index (χ1n) is 35.6. The Morgan fingerprint density at radius 3 is 0.713 bits per heavy atom. The lowest BCUT2D eigenvalue weighted by Gasteiger charge is -2.18. The Labute approximate surface area is 498 Å². The molecule has 0 bridgehead atoms. The molecular formula is C74H136O6. The van der Waals surface area contributed by atoms with Gasteiger partial charge >= 0.3 is 17.9 Å². The molecule has 0 spiro atoms. The number of carbonyl (C=O) groups excluding carboxylic acids is 3. The Balaban J connectivity index is 4.22. The first-order chi connectivity index (χ1) is 39.5. The molecule has 0 aliphatic carbocycles. The average Bonchev–Trinajstić information content (AvgIpc) is 3.46. The number of rotatable bonds is 66. The smallest absolute Gasteiger partial charge is 0.306 e. The Morgan fingerprint density at radius 2 is 0.450 bits per heavy atom. The van der Waals surface area contributed by atoms with Gasteiger partial charge in [-0.1, -0.05) is 333 Å². The molecule has 0 fully saturated rings. The van der Waals surface area contributed by atoms with Crippen LogP contribution in [0.5, 0.6) is 0 Å². The van der Waals surface area contributed by atoms with Gasteiger partial charge in [0.1, 0.15) is 13.2 Å². The minimum atomic E-state index is -0.777. The number of carbonyl (C=O) groups is 3. The van der Waals surface area contributed by atoms with Crippen molar-refractivity contribution in [1.29, 1.82) is 0 Å². The van der Waals surface area contributed by atoms with Crippen molar-refractivity contribution in [2.75, 3.05) is 13.2 Å². The van der Waals surface area contributed by atoms with E-state index in [-0.39, 0.29) is 31.1 Å². The topological polar surface area (TPSA) is 78.9 Å². The SMILES string of the molecule is CCCCC/C=C\C/C=C\CCCCCCCC(=O)OCC(COC(=O)CCCCCCCCCCCCCCCCCCC/C=C\C/C=C\CCCCCCC)OC(=O)CCCCCCCCCCCCCCCCCCCC. The van der Waals surface area contributed by atoms with Crippen LogP contribution in [0.2, 0.25) is 0 Å². The highest BCUT2D eigenvalue weighted by molar-refractivity contribution is 5.71. The summed E-state index contributed by atoms with van der Waals surface area (Å²) >= 11 is 0. The maximum atomic E-state index is 12.9. The first-order valence-corrected chi connectivity index (χ1v) is 35.6. The second kappa shape index (κ2) is 68.9. The molecule has 0 aromatic carbocycles. The normalized spacial score (nSPS) is 12.3. The summed E-state index contributed by atoms with van der Waals surface area (Å²) in [6.45, 7) is 6.66. The summed E-state index contributed by atoms with van der Waals surface area (Å²) in [6.07, 6.45) is 87.1. The molecule has 0 amide bonds. The molecule has 6 heteroatoms. The van der Waals surface area contributed by atoms with Gasteiger partial charge < -0.3 is 14.2 Å². The van der Waals surface area contributed by atoms with Crippen LogP contribution in [0.4, 0.5) is 0 Å². The fraction of sp³-hybridized carbons (Fsp3) is 0.851. The van der Waals surface area contributed by atoms with Gasteiger partial charge in [0.05, 0.1) is 0 Å². The number of allylic oxidation sites excluding steroid dienone is 8. The molecule has 0 heterocycles. The number of hydrogen-bond donors (Lipinski definition) is 0. The van der Waals surface area contributed by atoms with Crippen LogP contribution >= 0.6 is 0 Å².